The first-order valence-corrected chi connectivity index (χ1v) is 7.37. The van der Waals surface area contributed by atoms with Crippen molar-refractivity contribution in [2.75, 3.05) is 12.4 Å². The molecule has 0 atom stereocenters. The van der Waals surface area contributed by atoms with Crippen molar-refractivity contribution in [2.24, 2.45) is 0 Å². The second-order valence-electron chi connectivity index (χ2n) is 4.53. The van der Waals surface area contributed by atoms with E-state index in [2.05, 4.69) is 15.4 Å². The van der Waals surface area contributed by atoms with E-state index in [0.29, 0.717) is 11.4 Å². The van der Waals surface area contributed by atoms with E-state index in [-0.39, 0.29) is 5.43 Å². The number of para-hydroxylation sites is 1. The van der Waals surface area contributed by atoms with Crippen molar-refractivity contribution in [1.82, 2.24) is 14.8 Å². The van der Waals surface area contributed by atoms with Crippen molar-refractivity contribution in [2.45, 2.75) is 6.92 Å². The zero-order valence-corrected chi connectivity index (χ0v) is 12.5. The molecule has 0 amide bonds. The van der Waals surface area contributed by atoms with E-state index in [9.17, 15) is 4.79 Å². The van der Waals surface area contributed by atoms with E-state index in [1.54, 1.807) is 17.8 Å². The summed E-state index contributed by atoms with van der Waals surface area (Å²) in [6, 6.07) is 11.3. The average molecular weight is 298 g/mol. The number of nitrogens with one attached hydrogen (secondary N) is 1. The predicted molar refractivity (Wildman–Crippen MR) is 85.2 cm³/mol. The van der Waals surface area contributed by atoms with Crippen LogP contribution >= 0.6 is 11.3 Å². The number of thiazole rings is 1. The third-order valence-corrected chi connectivity index (χ3v) is 3.93. The fourth-order valence-electron chi connectivity index (χ4n) is 2.05. The minimum Gasteiger partial charge on any atom is -0.365 e. The summed E-state index contributed by atoms with van der Waals surface area (Å²) in [6.45, 7) is 1.87. The summed E-state index contributed by atoms with van der Waals surface area (Å²) in [6.07, 6.45) is 0. The third-order valence-electron chi connectivity index (χ3n) is 3.07. The third kappa shape index (κ3) is 2.57. The average Bonchev–Trinajstić information content (AvgIpc) is 2.97. The molecule has 3 aromatic rings. The number of anilines is 1. The van der Waals surface area contributed by atoms with Crippen LogP contribution in [0.5, 0.6) is 0 Å². The maximum absolute atomic E-state index is 12.2. The van der Waals surface area contributed by atoms with Crippen LogP contribution in [0.2, 0.25) is 0 Å². The van der Waals surface area contributed by atoms with Gasteiger partial charge in [-0.05, 0) is 19.1 Å². The molecule has 0 aliphatic carbocycles. The Balaban J connectivity index is 2.16. The number of hydrogen-bond acceptors (Lipinski definition) is 5. The lowest BCUT2D eigenvalue weighted by Gasteiger charge is -2.10. The van der Waals surface area contributed by atoms with Crippen LogP contribution in [0.3, 0.4) is 0 Å². The van der Waals surface area contributed by atoms with Gasteiger partial charge < -0.3 is 5.32 Å². The zero-order chi connectivity index (χ0) is 14.8. The Labute approximate surface area is 125 Å². The summed E-state index contributed by atoms with van der Waals surface area (Å²) in [5.41, 5.74) is 2.55. The SMILES string of the molecule is CNc1nc(-c2nn(-c3ccccc3)c(C)cc2=O)cs1. The van der Waals surface area contributed by atoms with Gasteiger partial charge in [-0.3, -0.25) is 4.79 Å². The number of nitrogens with zero attached hydrogens (tertiary/aromatic N) is 3. The minimum absolute atomic E-state index is 0.118. The second-order valence-corrected chi connectivity index (χ2v) is 5.39. The normalized spacial score (nSPS) is 10.6. The quantitative estimate of drug-likeness (QED) is 0.807. The Bertz CT molecular complexity index is 823. The first-order chi connectivity index (χ1) is 10.2. The highest BCUT2D eigenvalue weighted by Crippen LogP contribution is 2.21. The molecule has 0 unspecified atom stereocenters. The molecular weight excluding hydrogens is 284 g/mol. The molecule has 106 valence electrons. The standard InChI is InChI=1S/C15H14N4OS/c1-10-8-13(20)14(12-9-21-15(16-2)17-12)18-19(10)11-6-4-3-5-7-11/h3-9H,1-2H3,(H,16,17). The van der Waals surface area contributed by atoms with Crippen LogP contribution in [0.4, 0.5) is 5.13 Å². The fraction of sp³-hybridized carbons (Fsp3) is 0.133. The van der Waals surface area contributed by atoms with Gasteiger partial charge in [0.2, 0.25) is 5.43 Å². The number of aromatic nitrogens is 3. The molecule has 6 heteroatoms. The van der Waals surface area contributed by atoms with Crippen LogP contribution < -0.4 is 10.7 Å². The largest absolute Gasteiger partial charge is 0.365 e. The van der Waals surface area contributed by atoms with Crippen molar-refractivity contribution < 1.29 is 0 Å². The van der Waals surface area contributed by atoms with Crippen molar-refractivity contribution >= 4 is 16.5 Å². The Morgan fingerprint density at radius 3 is 2.67 bits per heavy atom. The number of rotatable bonds is 3. The van der Waals surface area contributed by atoms with Crippen LogP contribution in [0, 0.1) is 6.92 Å². The van der Waals surface area contributed by atoms with Gasteiger partial charge in [-0.15, -0.1) is 11.3 Å². The van der Waals surface area contributed by atoms with Crippen LogP contribution in [-0.4, -0.2) is 21.8 Å². The highest BCUT2D eigenvalue weighted by molar-refractivity contribution is 7.14. The summed E-state index contributed by atoms with van der Waals surface area (Å²) >= 11 is 1.45. The number of hydrogen-bond donors (Lipinski definition) is 1. The lowest BCUT2D eigenvalue weighted by Crippen LogP contribution is -2.16. The van der Waals surface area contributed by atoms with Gasteiger partial charge in [-0.25, -0.2) is 9.67 Å². The number of aryl methyl sites for hydroxylation is 1. The molecule has 0 radical (unpaired) electrons. The molecule has 0 saturated heterocycles. The Morgan fingerprint density at radius 1 is 1.24 bits per heavy atom. The maximum atomic E-state index is 12.2. The molecule has 0 bridgehead atoms. The van der Waals surface area contributed by atoms with Crippen LogP contribution in [0.15, 0.2) is 46.6 Å². The molecule has 0 saturated carbocycles. The molecule has 0 spiro atoms. The van der Waals surface area contributed by atoms with Gasteiger partial charge in [0.25, 0.3) is 0 Å². The van der Waals surface area contributed by atoms with E-state index >= 15 is 0 Å². The summed E-state index contributed by atoms with van der Waals surface area (Å²) in [5, 5.41) is 10.0. The summed E-state index contributed by atoms with van der Waals surface area (Å²) in [5.74, 6) is 0. The topological polar surface area (TPSA) is 59.8 Å². The van der Waals surface area contributed by atoms with Crippen LogP contribution in [-0.2, 0) is 0 Å². The first kappa shape index (κ1) is 13.5. The Kier molecular flexibility index (Phi) is 3.53. The van der Waals surface area contributed by atoms with Gasteiger partial charge >= 0.3 is 0 Å². The fourth-order valence-corrected chi connectivity index (χ4v) is 2.71. The minimum atomic E-state index is -0.118. The molecule has 5 nitrogen and oxygen atoms in total. The summed E-state index contributed by atoms with van der Waals surface area (Å²) in [4.78, 5) is 16.5. The van der Waals surface area contributed by atoms with E-state index in [1.807, 2.05) is 42.6 Å². The van der Waals surface area contributed by atoms with Gasteiger partial charge in [0.1, 0.15) is 5.69 Å². The zero-order valence-electron chi connectivity index (χ0n) is 11.7. The smallest absolute Gasteiger partial charge is 0.210 e. The lowest BCUT2D eigenvalue weighted by molar-refractivity contribution is 0.804. The van der Waals surface area contributed by atoms with Gasteiger partial charge in [-0.2, -0.15) is 5.10 Å². The van der Waals surface area contributed by atoms with Gasteiger partial charge in [-0.1, -0.05) is 18.2 Å². The molecule has 21 heavy (non-hydrogen) atoms. The van der Waals surface area contributed by atoms with Gasteiger partial charge in [0, 0.05) is 24.2 Å². The molecule has 1 aromatic carbocycles. The second kappa shape index (κ2) is 5.49. The highest BCUT2D eigenvalue weighted by Gasteiger charge is 2.12. The van der Waals surface area contributed by atoms with E-state index in [4.69, 9.17) is 0 Å². The van der Waals surface area contributed by atoms with Crippen molar-refractivity contribution in [3.63, 3.8) is 0 Å². The molecule has 0 aliphatic rings. The highest BCUT2D eigenvalue weighted by atomic mass is 32.1. The number of benzene rings is 1. The lowest BCUT2D eigenvalue weighted by atomic mass is 10.2. The first-order valence-electron chi connectivity index (χ1n) is 6.49. The summed E-state index contributed by atoms with van der Waals surface area (Å²) in [7, 11) is 1.80. The van der Waals surface area contributed by atoms with E-state index in [1.165, 1.54) is 11.3 Å². The van der Waals surface area contributed by atoms with Gasteiger partial charge in [0.05, 0.1) is 5.69 Å². The Morgan fingerprint density at radius 2 is 2.00 bits per heavy atom. The van der Waals surface area contributed by atoms with Crippen LogP contribution in [0.1, 0.15) is 5.69 Å². The van der Waals surface area contributed by atoms with Gasteiger partial charge in [0.15, 0.2) is 10.8 Å². The van der Waals surface area contributed by atoms with Crippen molar-refractivity contribution in [1.29, 1.82) is 0 Å². The van der Waals surface area contributed by atoms with Crippen molar-refractivity contribution in [3.8, 4) is 17.1 Å². The molecule has 2 heterocycles. The molecule has 1 N–H and O–H groups in total. The van der Waals surface area contributed by atoms with Crippen molar-refractivity contribution in [3.05, 3.63) is 57.7 Å². The Hall–Kier alpha value is -2.47. The molecule has 0 fully saturated rings. The molecular formula is C15H14N4OS. The van der Waals surface area contributed by atoms with E-state index < -0.39 is 0 Å². The molecule has 2 aromatic heterocycles. The predicted octanol–water partition coefficient (Wildman–Crippen LogP) is 2.71. The van der Waals surface area contributed by atoms with E-state index in [0.717, 1.165) is 16.5 Å². The maximum Gasteiger partial charge on any atom is 0.210 e. The molecule has 3 rings (SSSR count). The summed E-state index contributed by atoms with van der Waals surface area (Å²) < 4.78 is 1.76. The van der Waals surface area contributed by atoms with Crippen LogP contribution in [0.25, 0.3) is 17.1 Å². The monoisotopic (exact) mass is 298 g/mol. The molecule has 0 aliphatic heterocycles.